The van der Waals surface area contributed by atoms with Crippen LogP contribution in [0.15, 0.2) is 86.2 Å². The largest absolute Gasteiger partial charge is 0.496 e. The molecule has 3 aromatic carbocycles. The summed E-state index contributed by atoms with van der Waals surface area (Å²) in [6.45, 7) is 6.65. The van der Waals surface area contributed by atoms with Crippen LogP contribution in [0.5, 0.6) is 17.2 Å². The standard InChI is InChI=1S/C35H34BrClN2O6S/c1-5-8-26-31(34(41)44-7-3)32(25-19-23(36)12-16-27(25)42-4)39-33(40)30(46-35(39)38-26)18-22-11-15-28(29(17-22)43-6-2)45-20-21-9-13-24(37)14-10-21/h9-19,32H,5-8,20H2,1-4H3/b30-18+/t32-/m0/s1. The molecule has 0 saturated heterocycles. The predicted octanol–water partition coefficient (Wildman–Crippen LogP) is 6.98. The molecule has 240 valence electrons. The molecule has 11 heteroatoms. The number of esters is 1. The highest BCUT2D eigenvalue weighted by molar-refractivity contribution is 9.10. The lowest BCUT2D eigenvalue weighted by molar-refractivity contribution is -0.139. The van der Waals surface area contributed by atoms with E-state index >= 15 is 0 Å². The maximum Gasteiger partial charge on any atom is 0.338 e. The average molecular weight is 726 g/mol. The number of ether oxygens (including phenoxy) is 4. The Morgan fingerprint density at radius 1 is 1.00 bits per heavy atom. The van der Waals surface area contributed by atoms with Crippen LogP contribution < -0.4 is 29.1 Å². The molecule has 1 atom stereocenters. The van der Waals surface area contributed by atoms with Crippen LogP contribution in [0.3, 0.4) is 0 Å². The number of hydrogen-bond acceptors (Lipinski definition) is 8. The number of carbonyl (C=O) groups is 1. The quantitative estimate of drug-likeness (QED) is 0.147. The van der Waals surface area contributed by atoms with Crippen LogP contribution in [-0.2, 0) is 16.1 Å². The van der Waals surface area contributed by atoms with Crippen molar-refractivity contribution >= 4 is 50.9 Å². The minimum Gasteiger partial charge on any atom is -0.496 e. The molecule has 8 nitrogen and oxygen atoms in total. The van der Waals surface area contributed by atoms with E-state index < -0.39 is 12.0 Å². The van der Waals surface area contributed by atoms with Crippen LogP contribution in [0.1, 0.15) is 56.3 Å². The van der Waals surface area contributed by atoms with Gasteiger partial charge < -0.3 is 18.9 Å². The number of hydrogen-bond donors (Lipinski definition) is 0. The number of thiazole rings is 1. The van der Waals surface area contributed by atoms with Crippen molar-refractivity contribution in [2.75, 3.05) is 20.3 Å². The van der Waals surface area contributed by atoms with Gasteiger partial charge in [0.1, 0.15) is 18.4 Å². The molecule has 0 spiro atoms. The SMILES string of the molecule is CCCC1=C(C(=O)OCC)[C@H](c2cc(Br)ccc2OC)n2c(s/c(=C/c3ccc(OCc4ccc(Cl)cc4)c(OCC)c3)c2=O)=N1. The first kappa shape index (κ1) is 33.5. The van der Waals surface area contributed by atoms with Gasteiger partial charge in [0.05, 0.1) is 36.1 Å². The zero-order valence-corrected chi connectivity index (χ0v) is 29.1. The summed E-state index contributed by atoms with van der Waals surface area (Å²) in [5, 5.41) is 0.661. The lowest BCUT2D eigenvalue weighted by Gasteiger charge is -2.27. The van der Waals surface area contributed by atoms with Crippen molar-refractivity contribution in [2.24, 2.45) is 4.99 Å². The van der Waals surface area contributed by atoms with Crippen molar-refractivity contribution in [3.05, 3.63) is 118 Å². The molecule has 1 aromatic heterocycles. The lowest BCUT2D eigenvalue weighted by atomic mass is 9.93. The van der Waals surface area contributed by atoms with E-state index in [2.05, 4.69) is 15.9 Å². The molecular weight excluding hydrogens is 692 g/mol. The number of allylic oxidation sites excluding steroid dienone is 1. The Morgan fingerprint density at radius 2 is 1.76 bits per heavy atom. The van der Waals surface area contributed by atoms with E-state index in [4.69, 9.17) is 35.5 Å². The summed E-state index contributed by atoms with van der Waals surface area (Å²) in [7, 11) is 1.57. The van der Waals surface area contributed by atoms with Gasteiger partial charge in [0.25, 0.3) is 5.56 Å². The summed E-state index contributed by atoms with van der Waals surface area (Å²) in [5.74, 6) is 1.18. The molecule has 1 aliphatic rings. The van der Waals surface area contributed by atoms with Crippen molar-refractivity contribution in [3.8, 4) is 17.2 Å². The Morgan fingerprint density at radius 3 is 2.46 bits per heavy atom. The summed E-state index contributed by atoms with van der Waals surface area (Å²) < 4.78 is 26.0. The second-order valence-electron chi connectivity index (χ2n) is 10.4. The van der Waals surface area contributed by atoms with Gasteiger partial charge in [0.15, 0.2) is 16.3 Å². The fourth-order valence-corrected chi connectivity index (χ4v) is 6.75. The Kier molecular flexibility index (Phi) is 11.0. The van der Waals surface area contributed by atoms with Crippen LogP contribution in [0.25, 0.3) is 6.08 Å². The van der Waals surface area contributed by atoms with Gasteiger partial charge in [-0.05, 0) is 79.9 Å². The third kappa shape index (κ3) is 7.24. The minimum absolute atomic E-state index is 0.191. The molecule has 0 aliphatic carbocycles. The van der Waals surface area contributed by atoms with Crippen molar-refractivity contribution < 1.29 is 23.7 Å². The van der Waals surface area contributed by atoms with Gasteiger partial charge in [0, 0.05) is 15.1 Å². The van der Waals surface area contributed by atoms with Gasteiger partial charge >= 0.3 is 5.97 Å². The van der Waals surface area contributed by atoms with E-state index in [-0.39, 0.29) is 12.2 Å². The molecule has 0 fully saturated rings. The third-order valence-corrected chi connectivity index (χ3v) is 8.98. The second kappa shape index (κ2) is 15.2. The van der Waals surface area contributed by atoms with Crippen molar-refractivity contribution in [3.63, 3.8) is 0 Å². The number of rotatable bonds is 12. The molecule has 1 aliphatic heterocycles. The number of halogens is 2. The van der Waals surface area contributed by atoms with Gasteiger partial charge in [-0.25, -0.2) is 9.79 Å². The Bertz CT molecular complexity index is 1950. The van der Waals surface area contributed by atoms with E-state index in [1.165, 1.54) is 11.3 Å². The maximum absolute atomic E-state index is 14.2. The minimum atomic E-state index is -0.797. The molecule has 0 N–H and O–H groups in total. The number of carbonyl (C=O) groups excluding carboxylic acids is 1. The van der Waals surface area contributed by atoms with E-state index in [9.17, 15) is 9.59 Å². The number of aromatic nitrogens is 1. The Hall–Kier alpha value is -3.86. The zero-order valence-electron chi connectivity index (χ0n) is 26.0. The fraction of sp³-hybridized carbons (Fsp3) is 0.286. The molecule has 5 rings (SSSR count). The van der Waals surface area contributed by atoms with Crippen molar-refractivity contribution in [1.82, 2.24) is 4.57 Å². The summed E-state index contributed by atoms with van der Waals surface area (Å²) in [6.07, 6.45) is 3.10. The molecule has 0 amide bonds. The highest BCUT2D eigenvalue weighted by Crippen LogP contribution is 2.38. The lowest BCUT2D eigenvalue weighted by Crippen LogP contribution is -2.40. The number of fused-ring (bicyclic) bond motifs is 1. The topological polar surface area (TPSA) is 88.4 Å². The van der Waals surface area contributed by atoms with Crippen LogP contribution >= 0.6 is 38.9 Å². The zero-order chi connectivity index (χ0) is 32.8. The smallest absolute Gasteiger partial charge is 0.338 e. The Labute approximate surface area is 284 Å². The van der Waals surface area contributed by atoms with Gasteiger partial charge in [0.2, 0.25) is 0 Å². The van der Waals surface area contributed by atoms with Crippen LogP contribution in [0.4, 0.5) is 0 Å². The third-order valence-electron chi connectivity index (χ3n) is 7.25. The van der Waals surface area contributed by atoms with Gasteiger partial charge in [-0.3, -0.25) is 9.36 Å². The van der Waals surface area contributed by atoms with Crippen LogP contribution in [0.2, 0.25) is 5.02 Å². The number of nitrogens with zero attached hydrogens (tertiary/aromatic N) is 2. The molecule has 4 aromatic rings. The molecule has 0 saturated carbocycles. The Balaban J connectivity index is 1.62. The number of methoxy groups -OCH3 is 1. The maximum atomic E-state index is 14.2. The predicted molar refractivity (Wildman–Crippen MR) is 184 cm³/mol. The summed E-state index contributed by atoms with van der Waals surface area (Å²) >= 11 is 10.8. The van der Waals surface area contributed by atoms with Crippen LogP contribution in [-0.4, -0.2) is 30.9 Å². The van der Waals surface area contributed by atoms with E-state index in [1.807, 2.05) is 74.5 Å². The van der Waals surface area contributed by atoms with Gasteiger partial charge in [-0.1, -0.05) is 70.4 Å². The van der Waals surface area contributed by atoms with Gasteiger partial charge in [-0.15, -0.1) is 0 Å². The highest BCUT2D eigenvalue weighted by atomic mass is 79.9. The molecule has 0 radical (unpaired) electrons. The van der Waals surface area contributed by atoms with Crippen molar-refractivity contribution in [2.45, 2.75) is 46.3 Å². The molecule has 2 heterocycles. The average Bonchev–Trinajstić information content (AvgIpc) is 3.35. The van der Waals surface area contributed by atoms with Crippen molar-refractivity contribution in [1.29, 1.82) is 0 Å². The highest BCUT2D eigenvalue weighted by Gasteiger charge is 2.36. The molecule has 0 unspecified atom stereocenters. The second-order valence-corrected chi connectivity index (χ2v) is 12.7. The fourth-order valence-electron chi connectivity index (χ4n) is 5.23. The normalized spacial score (nSPS) is 14.5. The van der Waals surface area contributed by atoms with Crippen LogP contribution in [0, 0.1) is 0 Å². The molecular formula is C35H34BrClN2O6S. The summed E-state index contributed by atoms with van der Waals surface area (Å²) in [5.41, 5.74) is 3.02. The molecule has 46 heavy (non-hydrogen) atoms. The first-order chi connectivity index (χ1) is 22.3. The summed E-state index contributed by atoms with van der Waals surface area (Å²) in [6, 6.07) is 17.7. The first-order valence-corrected chi connectivity index (χ1v) is 17.0. The first-order valence-electron chi connectivity index (χ1n) is 15.0. The molecule has 0 bridgehead atoms. The monoisotopic (exact) mass is 724 g/mol. The summed E-state index contributed by atoms with van der Waals surface area (Å²) in [4.78, 5) is 33.1. The van der Waals surface area contributed by atoms with E-state index in [0.29, 0.717) is 68.1 Å². The van der Waals surface area contributed by atoms with E-state index in [1.54, 1.807) is 24.7 Å². The van der Waals surface area contributed by atoms with E-state index in [0.717, 1.165) is 22.0 Å². The van der Waals surface area contributed by atoms with Gasteiger partial charge in [-0.2, -0.15) is 0 Å². The number of benzene rings is 3.